The Bertz CT molecular complexity index is 2490. The molecule has 3 heterocycles. The summed E-state index contributed by atoms with van der Waals surface area (Å²) in [6.45, 7) is 0. The molecule has 7 N–H and O–H groups in total. The van der Waals surface area contributed by atoms with E-state index in [2.05, 4.69) is 31.9 Å². The number of esters is 1. The van der Waals surface area contributed by atoms with E-state index in [-0.39, 0.29) is 38.5 Å². The Hall–Kier alpha value is -7.66. The van der Waals surface area contributed by atoms with E-state index in [1.807, 2.05) is 66.0 Å². The number of amides is 6. The minimum absolute atomic E-state index is 0.0362. The molecule has 0 radical (unpaired) electrons. The molecule has 6 amide bonds. The van der Waals surface area contributed by atoms with Gasteiger partial charge in [0.05, 0.1) is 13.5 Å². The standard InChI is InChI=1S/C49H50N6O10S/c1-65-49(64)41(29-44(58)59)55-47(62)39-27-32-16-20-35(21-17-32)50-42(56)22-23-43(57)51-40(28-36-13-8-24-66-36)48(63)54-38(26-31-14-18-34(19-15-31)33-11-6-3-7-12-33)46(61)52-37(45(60)53-39)25-30-9-4-2-5-10-30/h2-21,24,37-41H,22-23,25-29H2,1H3,(H,50,56)(H,51,57)(H,52,61)(H,53,60)(H,54,63)(H,55,62)(H,58,59)/t37-,38+,39+,40-,41+/m1/s1. The fourth-order valence-corrected chi connectivity index (χ4v) is 8.04. The van der Waals surface area contributed by atoms with Crippen molar-refractivity contribution in [2.24, 2.45) is 0 Å². The van der Waals surface area contributed by atoms with E-state index in [4.69, 9.17) is 4.74 Å². The number of carbonyl (C=O) groups excluding carboxylic acids is 7. The lowest BCUT2D eigenvalue weighted by Crippen LogP contribution is -2.60. The zero-order valence-electron chi connectivity index (χ0n) is 36.0. The van der Waals surface area contributed by atoms with Gasteiger partial charge in [0.1, 0.15) is 30.2 Å². The molecule has 342 valence electrons. The third-order valence-corrected chi connectivity index (χ3v) is 11.7. The Morgan fingerprint density at radius 1 is 0.652 bits per heavy atom. The van der Waals surface area contributed by atoms with E-state index in [9.17, 15) is 43.5 Å². The van der Waals surface area contributed by atoms with Crippen LogP contribution in [-0.2, 0) is 68.8 Å². The van der Waals surface area contributed by atoms with Crippen LogP contribution in [0.4, 0.5) is 5.69 Å². The summed E-state index contributed by atoms with van der Waals surface area (Å²) in [6.07, 6.45) is -1.48. The lowest BCUT2D eigenvalue weighted by atomic mass is 9.99. The molecule has 0 saturated heterocycles. The number of hydrogen-bond acceptors (Lipinski definition) is 10. The first-order valence-electron chi connectivity index (χ1n) is 21.2. The Morgan fingerprint density at radius 2 is 1.21 bits per heavy atom. The highest BCUT2D eigenvalue weighted by atomic mass is 32.1. The Balaban J connectivity index is 1.37. The average Bonchev–Trinajstić information content (AvgIpc) is 3.83. The number of aliphatic carboxylic acids is 1. The molecule has 0 aliphatic carbocycles. The zero-order chi connectivity index (χ0) is 47.0. The van der Waals surface area contributed by atoms with Crippen LogP contribution in [0.2, 0.25) is 0 Å². The second-order valence-corrected chi connectivity index (χ2v) is 16.7. The van der Waals surface area contributed by atoms with Gasteiger partial charge in [-0.25, -0.2) is 4.79 Å². The predicted octanol–water partition coefficient (Wildman–Crippen LogP) is 3.49. The molecule has 0 spiro atoms. The van der Waals surface area contributed by atoms with E-state index >= 15 is 0 Å². The highest BCUT2D eigenvalue weighted by molar-refractivity contribution is 7.09. The molecule has 5 atom stereocenters. The number of rotatable bonds is 12. The highest BCUT2D eigenvalue weighted by Gasteiger charge is 2.34. The summed E-state index contributed by atoms with van der Waals surface area (Å²) >= 11 is 1.38. The molecule has 0 fully saturated rings. The van der Waals surface area contributed by atoms with Gasteiger partial charge in [-0.05, 0) is 51.4 Å². The smallest absolute Gasteiger partial charge is 0.328 e. The summed E-state index contributed by atoms with van der Waals surface area (Å²) in [5.74, 6) is -6.63. The second-order valence-electron chi connectivity index (χ2n) is 15.7. The van der Waals surface area contributed by atoms with Gasteiger partial charge in [-0.3, -0.25) is 33.6 Å². The molecule has 66 heavy (non-hydrogen) atoms. The van der Waals surface area contributed by atoms with Crippen LogP contribution in [0.5, 0.6) is 0 Å². The minimum Gasteiger partial charge on any atom is -0.481 e. The number of thiophene rings is 1. The fourth-order valence-electron chi connectivity index (χ4n) is 7.29. The molecule has 2 aliphatic heterocycles. The normalized spacial score (nSPS) is 19.1. The van der Waals surface area contributed by atoms with E-state index in [1.165, 1.54) is 11.3 Å². The highest BCUT2D eigenvalue weighted by Crippen LogP contribution is 2.21. The minimum atomic E-state index is -1.60. The molecule has 7 rings (SSSR count). The number of carboxylic acids is 1. The summed E-state index contributed by atoms with van der Waals surface area (Å²) in [5.41, 5.74) is 4.06. The van der Waals surface area contributed by atoms with Crippen molar-refractivity contribution in [3.8, 4) is 11.1 Å². The molecule has 17 heteroatoms. The third kappa shape index (κ3) is 14.2. The van der Waals surface area contributed by atoms with E-state index < -0.39 is 84.0 Å². The first kappa shape index (κ1) is 47.8. The number of ether oxygens (including phenoxy) is 1. The molecule has 2 aliphatic rings. The maximum Gasteiger partial charge on any atom is 0.328 e. The first-order chi connectivity index (χ1) is 31.8. The van der Waals surface area contributed by atoms with Gasteiger partial charge in [0.25, 0.3) is 0 Å². The van der Waals surface area contributed by atoms with Crippen LogP contribution >= 0.6 is 11.3 Å². The van der Waals surface area contributed by atoms with Gasteiger partial charge in [0, 0.05) is 49.1 Å². The van der Waals surface area contributed by atoms with Crippen molar-refractivity contribution in [3.63, 3.8) is 0 Å². The molecule has 5 aromatic rings. The Kier molecular flexibility index (Phi) is 16.9. The van der Waals surface area contributed by atoms with Crippen LogP contribution in [0.3, 0.4) is 0 Å². The second kappa shape index (κ2) is 23.3. The average molecular weight is 915 g/mol. The molecule has 0 unspecified atom stereocenters. The van der Waals surface area contributed by atoms with E-state index in [0.29, 0.717) is 22.4 Å². The molecule has 16 nitrogen and oxygen atoms in total. The van der Waals surface area contributed by atoms with E-state index in [1.54, 1.807) is 60.7 Å². The fraction of sp³-hybridized carbons (Fsp3) is 0.265. The van der Waals surface area contributed by atoms with Crippen molar-refractivity contribution >= 4 is 64.4 Å². The summed E-state index contributed by atoms with van der Waals surface area (Å²) < 4.78 is 4.73. The van der Waals surface area contributed by atoms with Crippen LogP contribution in [0.25, 0.3) is 11.1 Å². The molecule has 2 bridgehead atoms. The van der Waals surface area contributed by atoms with Gasteiger partial charge in [0.15, 0.2) is 0 Å². The Labute approximate surface area is 384 Å². The van der Waals surface area contributed by atoms with Crippen molar-refractivity contribution in [1.29, 1.82) is 0 Å². The molecular weight excluding hydrogens is 865 g/mol. The van der Waals surface area contributed by atoms with Gasteiger partial charge >= 0.3 is 11.9 Å². The van der Waals surface area contributed by atoms with Gasteiger partial charge in [0.2, 0.25) is 35.4 Å². The first-order valence-corrected chi connectivity index (χ1v) is 22.1. The van der Waals surface area contributed by atoms with Crippen LogP contribution in [0.15, 0.2) is 127 Å². The van der Waals surface area contributed by atoms with Crippen molar-refractivity contribution in [2.75, 3.05) is 12.4 Å². The quantitative estimate of drug-likeness (QED) is 0.0711. The SMILES string of the molecule is COC(=O)[C@H](CC(=O)O)NC(=O)[C@@H]1Cc2ccc(cc2)NC(=O)CCC(=O)N[C@H](Cc2cccs2)C(=O)N[C@@H](Cc2ccc(-c3ccccc3)cc2)C(=O)N[C@H](Cc2ccccc2)C(=O)N1. The van der Waals surface area contributed by atoms with Crippen molar-refractivity contribution in [1.82, 2.24) is 26.6 Å². The van der Waals surface area contributed by atoms with Gasteiger partial charge in [-0.1, -0.05) is 103 Å². The monoisotopic (exact) mass is 914 g/mol. The lowest BCUT2D eigenvalue weighted by molar-refractivity contribution is -0.149. The van der Waals surface area contributed by atoms with E-state index in [0.717, 1.165) is 23.1 Å². The van der Waals surface area contributed by atoms with Crippen LogP contribution in [0.1, 0.15) is 40.8 Å². The maximum absolute atomic E-state index is 14.7. The van der Waals surface area contributed by atoms with Gasteiger partial charge in [-0.2, -0.15) is 0 Å². The number of carbonyl (C=O) groups is 8. The van der Waals surface area contributed by atoms with Crippen molar-refractivity contribution in [3.05, 3.63) is 148 Å². The van der Waals surface area contributed by atoms with Crippen LogP contribution < -0.4 is 31.9 Å². The largest absolute Gasteiger partial charge is 0.481 e. The van der Waals surface area contributed by atoms with Crippen molar-refractivity contribution < 1.29 is 48.2 Å². The zero-order valence-corrected chi connectivity index (χ0v) is 36.8. The topological polar surface area (TPSA) is 238 Å². The number of anilines is 1. The van der Waals surface area contributed by atoms with Gasteiger partial charge in [-0.15, -0.1) is 11.3 Å². The number of nitrogens with one attached hydrogen (secondary N) is 6. The van der Waals surface area contributed by atoms with Crippen LogP contribution in [-0.4, -0.2) is 89.8 Å². The number of benzene rings is 4. The number of carboxylic acid groups (broad SMARTS) is 1. The molecule has 4 aromatic carbocycles. The summed E-state index contributed by atoms with van der Waals surface area (Å²) in [6, 6.07) is 29.0. The Morgan fingerprint density at radius 3 is 1.80 bits per heavy atom. The molecular formula is C49H50N6O10S. The van der Waals surface area contributed by atoms with Gasteiger partial charge < -0.3 is 41.7 Å². The summed E-state index contributed by atoms with van der Waals surface area (Å²) in [5, 5.41) is 27.5. The number of methoxy groups -OCH3 is 1. The lowest BCUT2D eigenvalue weighted by Gasteiger charge is -2.27. The summed E-state index contributed by atoms with van der Waals surface area (Å²) in [4.78, 5) is 109. The maximum atomic E-state index is 14.7. The number of fused-ring (bicyclic) bond motifs is 18. The molecule has 1 aromatic heterocycles. The van der Waals surface area contributed by atoms with Crippen molar-refractivity contribution in [2.45, 2.75) is 75.2 Å². The number of hydrogen-bond donors (Lipinski definition) is 7. The van der Waals surface area contributed by atoms with Crippen LogP contribution in [0, 0.1) is 0 Å². The predicted molar refractivity (Wildman–Crippen MR) is 246 cm³/mol. The summed E-state index contributed by atoms with van der Waals surface area (Å²) in [7, 11) is 1.04. The third-order valence-electron chi connectivity index (χ3n) is 10.8. The molecule has 0 saturated carbocycles.